The van der Waals surface area contributed by atoms with Gasteiger partial charge in [0.1, 0.15) is 0 Å². The average molecular weight is 332 g/mol. The molecule has 2 unspecified atom stereocenters. The molecule has 1 saturated heterocycles. The van der Waals surface area contributed by atoms with Crippen molar-refractivity contribution in [3.05, 3.63) is 70.7 Å². The Morgan fingerprint density at radius 2 is 1.78 bits per heavy atom. The summed E-state index contributed by atoms with van der Waals surface area (Å²) < 4.78 is 5.79. The van der Waals surface area contributed by atoms with Gasteiger partial charge in [-0.15, -0.1) is 0 Å². The molecule has 0 bridgehead atoms. The number of halogens is 1. The van der Waals surface area contributed by atoms with E-state index in [1.165, 1.54) is 11.1 Å². The summed E-state index contributed by atoms with van der Waals surface area (Å²) in [6.07, 6.45) is 0.822. The van der Waals surface area contributed by atoms with Crippen LogP contribution in [0.3, 0.4) is 0 Å². The van der Waals surface area contributed by atoms with Gasteiger partial charge in [0.2, 0.25) is 0 Å². The number of rotatable bonds is 5. The van der Waals surface area contributed by atoms with E-state index < -0.39 is 0 Å². The van der Waals surface area contributed by atoms with Crippen LogP contribution in [0.15, 0.2) is 54.6 Å². The van der Waals surface area contributed by atoms with Gasteiger partial charge in [0.05, 0.1) is 19.3 Å². The maximum atomic E-state index is 9.42. The summed E-state index contributed by atoms with van der Waals surface area (Å²) in [4.78, 5) is 2.41. The molecule has 0 spiro atoms. The quantitative estimate of drug-likeness (QED) is 0.913. The highest BCUT2D eigenvalue weighted by molar-refractivity contribution is 6.30. The molecule has 0 aromatic heterocycles. The minimum Gasteiger partial charge on any atom is -0.394 e. The van der Waals surface area contributed by atoms with Crippen LogP contribution in [0.5, 0.6) is 0 Å². The van der Waals surface area contributed by atoms with Crippen molar-refractivity contribution >= 4 is 11.6 Å². The van der Waals surface area contributed by atoms with Crippen LogP contribution in [0.2, 0.25) is 5.02 Å². The van der Waals surface area contributed by atoms with Gasteiger partial charge in [-0.1, -0.05) is 54.1 Å². The van der Waals surface area contributed by atoms with Gasteiger partial charge in [0.25, 0.3) is 0 Å². The number of hydrogen-bond acceptors (Lipinski definition) is 3. The summed E-state index contributed by atoms with van der Waals surface area (Å²) in [6.45, 7) is 2.34. The van der Waals surface area contributed by atoms with Gasteiger partial charge in [-0.3, -0.25) is 4.90 Å². The molecule has 2 aromatic rings. The number of nitrogens with zero attached hydrogens (tertiary/aromatic N) is 1. The molecule has 1 aliphatic heterocycles. The summed E-state index contributed by atoms with van der Waals surface area (Å²) in [5, 5.41) is 10.2. The van der Waals surface area contributed by atoms with E-state index >= 15 is 0 Å². The molecule has 0 radical (unpaired) electrons. The van der Waals surface area contributed by atoms with Gasteiger partial charge in [-0.25, -0.2) is 0 Å². The van der Waals surface area contributed by atoms with Crippen LogP contribution in [0.4, 0.5) is 0 Å². The number of ether oxygens (including phenoxy) is 1. The lowest BCUT2D eigenvalue weighted by Gasteiger charge is -2.39. The molecular formula is C19H22ClNO2. The van der Waals surface area contributed by atoms with Gasteiger partial charge in [0.15, 0.2) is 0 Å². The minimum atomic E-state index is -0.0971. The molecule has 2 atom stereocenters. The third-order valence-corrected chi connectivity index (χ3v) is 4.55. The molecule has 2 aromatic carbocycles. The largest absolute Gasteiger partial charge is 0.394 e. The maximum absolute atomic E-state index is 9.42. The first-order valence-corrected chi connectivity index (χ1v) is 8.37. The van der Waals surface area contributed by atoms with Crippen LogP contribution < -0.4 is 0 Å². The van der Waals surface area contributed by atoms with Crippen molar-refractivity contribution in [1.29, 1.82) is 0 Å². The lowest BCUT2D eigenvalue weighted by atomic mass is 10.0. The van der Waals surface area contributed by atoms with E-state index in [9.17, 15) is 5.11 Å². The Labute approximate surface area is 142 Å². The molecule has 1 fully saturated rings. The van der Waals surface area contributed by atoms with Gasteiger partial charge in [-0.2, -0.15) is 0 Å². The molecule has 0 saturated carbocycles. The normalized spacial score (nSPS) is 22.2. The van der Waals surface area contributed by atoms with Crippen LogP contribution in [0, 0.1) is 0 Å². The Kier molecular flexibility index (Phi) is 5.68. The predicted molar refractivity (Wildman–Crippen MR) is 92.6 cm³/mol. The van der Waals surface area contributed by atoms with E-state index in [0.717, 1.165) is 24.5 Å². The van der Waals surface area contributed by atoms with Crippen molar-refractivity contribution in [3.63, 3.8) is 0 Å². The molecule has 1 N–H and O–H groups in total. The smallest absolute Gasteiger partial charge is 0.0933 e. The third kappa shape index (κ3) is 4.55. The van der Waals surface area contributed by atoms with Crippen LogP contribution >= 0.6 is 11.6 Å². The highest BCUT2D eigenvalue weighted by atomic mass is 35.5. The first-order chi connectivity index (χ1) is 11.2. The van der Waals surface area contributed by atoms with Crippen molar-refractivity contribution < 1.29 is 9.84 Å². The fourth-order valence-corrected chi connectivity index (χ4v) is 3.14. The van der Waals surface area contributed by atoms with Gasteiger partial charge in [0, 0.05) is 24.2 Å². The van der Waals surface area contributed by atoms with Crippen molar-refractivity contribution in [2.75, 3.05) is 19.8 Å². The highest BCUT2D eigenvalue weighted by Gasteiger charge is 2.28. The van der Waals surface area contributed by atoms with Crippen LogP contribution in [0.25, 0.3) is 0 Å². The second-order valence-corrected chi connectivity index (χ2v) is 6.47. The zero-order valence-electron chi connectivity index (χ0n) is 13.1. The standard InChI is InChI=1S/C19H22ClNO2/c20-17-8-6-15(7-9-17)10-18-14-23-19(13-22)12-21(18)11-16-4-2-1-3-5-16/h1-9,18-19,22H,10-14H2. The summed E-state index contributed by atoms with van der Waals surface area (Å²) in [5.41, 5.74) is 2.54. The summed E-state index contributed by atoms with van der Waals surface area (Å²) in [6, 6.07) is 18.7. The Morgan fingerprint density at radius 1 is 1.04 bits per heavy atom. The van der Waals surface area contributed by atoms with Gasteiger partial charge < -0.3 is 9.84 Å². The van der Waals surface area contributed by atoms with Gasteiger partial charge in [-0.05, 0) is 29.7 Å². The van der Waals surface area contributed by atoms with Crippen LogP contribution in [0.1, 0.15) is 11.1 Å². The first-order valence-electron chi connectivity index (χ1n) is 7.99. The SMILES string of the molecule is OCC1CN(Cc2ccccc2)C(Cc2ccc(Cl)cc2)CO1. The number of aliphatic hydroxyl groups excluding tert-OH is 1. The average Bonchev–Trinajstić information content (AvgIpc) is 2.59. The van der Waals surface area contributed by atoms with E-state index in [4.69, 9.17) is 16.3 Å². The molecule has 3 nitrogen and oxygen atoms in total. The maximum Gasteiger partial charge on any atom is 0.0933 e. The van der Waals surface area contributed by atoms with Crippen molar-refractivity contribution in [3.8, 4) is 0 Å². The highest BCUT2D eigenvalue weighted by Crippen LogP contribution is 2.20. The minimum absolute atomic E-state index is 0.0684. The summed E-state index contributed by atoms with van der Waals surface area (Å²) in [5.74, 6) is 0. The third-order valence-electron chi connectivity index (χ3n) is 4.30. The van der Waals surface area contributed by atoms with Gasteiger partial charge >= 0.3 is 0 Å². The van der Waals surface area contributed by atoms with E-state index in [1.807, 2.05) is 18.2 Å². The monoisotopic (exact) mass is 331 g/mol. The fourth-order valence-electron chi connectivity index (χ4n) is 3.02. The van der Waals surface area contributed by atoms with Crippen molar-refractivity contribution in [2.24, 2.45) is 0 Å². The zero-order chi connectivity index (χ0) is 16.1. The Morgan fingerprint density at radius 3 is 2.48 bits per heavy atom. The zero-order valence-corrected chi connectivity index (χ0v) is 13.8. The topological polar surface area (TPSA) is 32.7 Å². The molecule has 4 heteroatoms. The molecule has 0 aliphatic carbocycles. The Bertz CT molecular complexity index is 603. The fraction of sp³-hybridized carbons (Fsp3) is 0.368. The molecule has 23 heavy (non-hydrogen) atoms. The lowest BCUT2D eigenvalue weighted by Crippen LogP contribution is -2.51. The van der Waals surface area contributed by atoms with E-state index in [1.54, 1.807) is 0 Å². The summed E-state index contributed by atoms with van der Waals surface area (Å²) in [7, 11) is 0. The number of aliphatic hydroxyl groups is 1. The number of morpholine rings is 1. The lowest BCUT2D eigenvalue weighted by molar-refractivity contribution is -0.0849. The molecule has 1 aliphatic rings. The Hall–Kier alpha value is -1.39. The van der Waals surface area contributed by atoms with E-state index in [0.29, 0.717) is 12.6 Å². The number of hydrogen-bond donors (Lipinski definition) is 1. The first kappa shape index (κ1) is 16.5. The number of benzene rings is 2. The molecule has 1 heterocycles. The van der Waals surface area contributed by atoms with Crippen molar-refractivity contribution in [2.45, 2.75) is 25.1 Å². The predicted octanol–water partition coefficient (Wildman–Crippen LogP) is 3.14. The molecule has 122 valence electrons. The van der Waals surface area contributed by atoms with E-state index in [-0.39, 0.29) is 12.7 Å². The van der Waals surface area contributed by atoms with Crippen LogP contribution in [-0.2, 0) is 17.7 Å². The second-order valence-electron chi connectivity index (χ2n) is 6.04. The van der Waals surface area contributed by atoms with E-state index in [2.05, 4.69) is 41.3 Å². The van der Waals surface area contributed by atoms with Crippen LogP contribution in [-0.4, -0.2) is 41.9 Å². The Balaban J connectivity index is 1.71. The second kappa shape index (κ2) is 7.93. The molecule has 0 amide bonds. The summed E-state index contributed by atoms with van der Waals surface area (Å²) >= 11 is 5.97. The molecule has 3 rings (SSSR count). The molecular weight excluding hydrogens is 310 g/mol. The van der Waals surface area contributed by atoms with Crippen molar-refractivity contribution in [1.82, 2.24) is 4.90 Å².